The fourth-order valence-electron chi connectivity index (χ4n) is 1.71. The number of carbonyl (C=O) groups excluding carboxylic acids is 1. The lowest BCUT2D eigenvalue weighted by atomic mass is 10.0. The molecule has 21 heavy (non-hydrogen) atoms. The van der Waals surface area contributed by atoms with Crippen LogP contribution in [0.25, 0.3) is 0 Å². The normalized spacial score (nSPS) is 14.1. The molecule has 2 unspecified atom stereocenters. The van der Waals surface area contributed by atoms with Gasteiger partial charge >= 0.3 is 5.97 Å². The lowest BCUT2D eigenvalue weighted by Crippen LogP contribution is -2.42. The fourth-order valence-corrected chi connectivity index (χ4v) is 1.71. The Labute approximate surface area is 146 Å². The summed E-state index contributed by atoms with van der Waals surface area (Å²) in [5, 5.41) is 6.57. The lowest BCUT2D eigenvalue weighted by molar-refractivity contribution is -0.144. The third-order valence-corrected chi connectivity index (χ3v) is 3.03. The molecule has 0 rings (SSSR count). The van der Waals surface area contributed by atoms with E-state index in [2.05, 4.69) is 36.4 Å². The van der Waals surface area contributed by atoms with E-state index in [-0.39, 0.29) is 35.9 Å². The summed E-state index contributed by atoms with van der Waals surface area (Å²) in [6, 6.07) is 0.364. The number of guanidine groups is 1. The zero-order valence-electron chi connectivity index (χ0n) is 14.2. The number of halogens is 1. The minimum atomic E-state index is -0.225. The van der Waals surface area contributed by atoms with Gasteiger partial charge in [0.05, 0.1) is 19.6 Å². The summed E-state index contributed by atoms with van der Waals surface area (Å²) in [4.78, 5) is 15.8. The van der Waals surface area contributed by atoms with Gasteiger partial charge in [0.1, 0.15) is 0 Å². The Hall–Kier alpha value is -0.530. The van der Waals surface area contributed by atoms with Crippen LogP contribution < -0.4 is 10.6 Å². The van der Waals surface area contributed by atoms with Gasteiger partial charge in [0.2, 0.25) is 0 Å². The van der Waals surface area contributed by atoms with Crippen molar-refractivity contribution in [3.8, 4) is 0 Å². The van der Waals surface area contributed by atoms with Crippen LogP contribution in [-0.2, 0) is 9.53 Å². The molecule has 5 nitrogen and oxygen atoms in total. The Morgan fingerprint density at radius 1 is 1.19 bits per heavy atom. The number of rotatable bonds is 8. The van der Waals surface area contributed by atoms with Crippen molar-refractivity contribution in [2.45, 2.75) is 53.5 Å². The van der Waals surface area contributed by atoms with Gasteiger partial charge in [-0.2, -0.15) is 0 Å². The Morgan fingerprint density at radius 3 is 2.29 bits per heavy atom. The molecule has 0 aromatic heterocycles. The van der Waals surface area contributed by atoms with Crippen molar-refractivity contribution < 1.29 is 9.53 Å². The average molecular weight is 413 g/mol. The van der Waals surface area contributed by atoms with Crippen molar-refractivity contribution in [3.63, 3.8) is 0 Å². The van der Waals surface area contributed by atoms with E-state index >= 15 is 0 Å². The molecule has 2 N–H and O–H groups in total. The SMILES string of the molecule is CCNC(=NCC(C)C(=O)OC)NC(C)CCC(C)C.I. The third-order valence-electron chi connectivity index (χ3n) is 3.03. The first kappa shape index (κ1) is 22.7. The summed E-state index contributed by atoms with van der Waals surface area (Å²) < 4.78 is 4.70. The number of aliphatic imine (C=N–C) groups is 1. The first-order chi connectivity index (χ1) is 9.40. The molecule has 6 heteroatoms. The van der Waals surface area contributed by atoms with Crippen LogP contribution in [0.15, 0.2) is 4.99 Å². The van der Waals surface area contributed by atoms with E-state index < -0.39 is 0 Å². The quantitative estimate of drug-likeness (QED) is 0.278. The van der Waals surface area contributed by atoms with Gasteiger partial charge in [-0.3, -0.25) is 9.79 Å². The van der Waals surface area contributed by atoms with Crippen molar-refractivity contribution in [2.24, 2.45) is 16.8 Å². The molecule has 0 fully saturated rings. The number of carbonyl (C=O) groups is 1. The molecule has 0 aromatic carbocycles. The van der Waals surface area contributed by atoms with Crippen molar-refractivity contribution in [2.75, 3.05) is 20.2 Å². The predicted molar refractivity (Wildman–Crippen MR) is 99.2 cm³/mol. The van der Waals surface area contributed by atoms with Gasteiger partial charge in [0, 0.05) is 12.6 Å². The molecule has 0 aliphatic carbocycles. The van der Waals surface area contributed by atoms with Crippen LogP contribution in [0.1, 0.15) is 47.5 Å². The minimum Gasteiger partial charge on any atom is -0.469 e. The van der Waals surface area contributed by atoms with Gasteiger partial charge in [-0.05, 0) is 32.6 Å². The molecular weight excluding hydrogens is 381 g/mol. The number of esters is 1. The molecule has 0 radical (unpaired) electrons. The Bertz CT molecular complexity index is 309. The van der Waals surface area contributed by atoms with Gasteiger partial charge < -0.3 is 15.4 Å². The van der Waals surface area contributed by atoms with Gasteiger partial charge in [-0.15, -0.1) is 24.0 Å². The molecule has 0 spiro atoms. The zero-order chi connectivity index (χ0) is 15.5. The van der Waals surface area contributed by atoms with Gasteiger partial charge in [0.15, 0.2) is 5.96 Å². The maximum atomic E-state index is 11.3. The van der Waals surface area contributed by atoms with Crippen molar-refractivity contribution in [1.29, 1.82) is 0 Å². The maximum absolute atomic E-state index is 11.3. The summed E-state index contributed by atoms with van der Waals surface area (Å²) >= 11 is 0. The highest BCUT2D eigenvalue weighted by Crippen LogP contribution is 2.06. The number of nitrogens with one attached hydrogen (secondary N) is 2. The highest BCUT2D eigenvalue weighted by atomic mass is 127. The summed E-state index contributed by atoms with van der Waals surface area (Å²) in [5.74, 6) is 1.02. The van der Waals surface area contributed by atoms with Crippen molar-refractivity contribution in [1.82, 2.24) is 10.6 Å². The van der Waals surface area contributed by atoms with E-state index in [1.165, 1.54) is 13.5 Å². The van der Waals surface area contributed by atoms with Crippen LogP contribution in [0, 0.1) is 11.8 Å². The molecule has 126 valence electrons. The van der Waals surface area contributed by atoms with Crippen molar-refractivity contribution >= 4 is 35.9 Å². The van der Waals surface area contributed by atoms with Gasteiger partial charge in [0.25, 0.3) is 0 Å². The monoisotopic (exact) mass is 413 g/mol. The second-order valence-corrected chi connectivity index (χ2v) is 5.66. The van der Waals surface area contributed by atoms with E-state index in [9.17, 15) is 4.79 Å². The Morgan fingerprint density at radius 2 is 1.81 bits per heavy atom. The number of hydrogen-bond acceptors (Lipinski definition) is 3. The Balaban J connectivity index is 0. The number of hydrogen-bond donors (Lipinski definition) is 2. The molecule has 0 amide bonds. The first-order valence-corrected chi connectivity index (χ1v) is 7.53. The average Bonchev–Trinajstić information content (AvgIpc) is 2.41. The number of ether oxygens (including phenoxy) is 1. The number of methoxy groups -OCH3 is 1. The second kappa shape index (κ2) is 13.2. The molecule has 0 bridgehead atoms. The van der Waals surface area contributed by atoms with Gasteiger partial charge in [-0.25, -0.2) is 0 Å². The van der Waals surface area contributed by atoms with E-state index in [0.717, 1.165) is 18.9 Å². The van der Waals surface area contributed by atoms with E-state index in [0.29, 0.717) is 18.5 Å². The van der Waals surface area contributed by atoms with Crippen LogP contribution in [0.4, 0.5) is 0 Å². The summed E-state index contributed by atoms with van der Waals surface area (Å²) in [5.41, 5.74) is 0. The minimum absolute atomic E-state index is 0. The lowest BCUT2D eigenvalue weighted by Gasteiger charge is -2.19. The Kier molecular flexibility index (Phi) is 14.2. The molecule has 0 saturated carbocycles. The zero-order valence-corrected chi connectivity index (χ0v) is 16.6. The van der Waals surface area contributed by atoms with E-state index in [1.807, 2.05) is 13.8 Å². The van der Waals surface area contributed by atoms with Gasteiger partial charge in [-0.1, -0.05) is 20.8 Å². The second-order valence-electron chi connectivity index (χ2n) is 5.66. The number of nitrogens with zero attached hydrogens (tertiary/aromatic N) is 1. The highest BCUT2D eigenvalue weighted by molar-refractivity contribution is 14.0. The highest BCUT2D eigenvalue weighted by Gasteiger charge is 2.13. The molecule has 0 heterocycles. The first-order valence-electron chi connectivity index (χ1n) is 7.53. The fraction of sp³-hybridized carbons (Fsp3) is 0.867. The largest absolute Gasteiger partial charge is 0.469 e. The third kappa shape index (κ3) is 11.8. The topological polar surface area (TPSA) is 62.7 Å². The maximum Gasteiger partial charge on any atom is 0.310 e. The van der Waals surface area contributed by atoms with Crippen molar-refractivity contribution in [3.05, 3.63) is 0 Å². The predicted octanol–water partition coefficient (Wildman–Crippen LogP) is 2.79. The molecule has 0 saturated heterocycles. The standard InChI is InChI=1S/C15H31N3O2.HI/c1-7-16-15(17-10-12(4)14(19)20-6)18-13(5)9-8-11(2)3;/h11-13H,7-10H2,1-6H3,(H2,16,17,18);1H. The molecule has 0 aliphatic rings. The molecule has 0 aliphatic heterocycles. The van der Waals surface area contributed by atoms with E-state index in [1.54, 1.807) is 0 Å². The molecule has 0 aromatic rings. The van der Waals surface area contributed by atoms with E-state index in [4.69, 9.17) is 4.74 Å². The van der Waals surface area contributed by atoms with Crippen LogP contribution in [0.5, 0.6) is 0 Å². The summed E-state index contributed by atoms with van der Waals surface area (Å²) in [6.07, 6.45) is 2.29. The van der Waals surface area contributed by atoms with Crippen LogP contribution >= 0.6 is 24.0 Å². The van der Waals surface area contributed by atoms with Crippen LogP contribution in [-0.4, -0.2) is 38.2 Å². The summed E-state index contributed by atoms with van der Waals surface area (Å²) in [7, 11) is 1.40. The smallest absolute Gasteiger partial charge is 0.310 e. The molecular formula is C15H32IN3O2. The molecule has 2 atom stereocenters. The summed E-state index contributed by atoms with van der Waals surface area (Å²) in [6.45, 7) is 11.7. The van der Waals surface area contributed by atoms with Crippen LogP contribution in [0.2, 0.25) is 0 Å². The van der Waals surface area contributed by atoms with Crippen LogP contribution in [0.3, 0.4) is 0 Å².